The topological polar surface area (TPSA) is 80.3 Å². The van der Waals surface area contributed by atoms with E-state index in [1.807, 2.05) is 42.5 Å². The van der Waals surface area contributed by atoms with Crippen LogP contribution >= 0.6 is 11.6 Å². The highest BCUT2D eigenvalue weighted by molar-refractivity contribution is 6.30. The summed E-state index contributed by atoms with van der Waals surface area (Å²) in [5.41, 5.74) is 3.62. The summed E-state index contributed by atoms with van der Waals surface area (Å²) in [6.07, 6.45) is 0. The molecular formula is C20H15ClN6. The van der Waals surface area contributed by atoms with Gasteiger partial charge in [0.25, 0.3) is 0 Å². The molecule has 0 spiro atoms. The highest BCUT2D eigenvalue weighted by Crippen LogP contribution is 2.28. The van der Waals surface area contributed by atoms with Gasteiger partial charge in [0, 0.05) is 5.02 Å². The van der Waals surface area contributed by atoms with Crippen molar-refractivity contribution >= 4 is 22.8 Å². The molecule has 0 saturated heterocycles. The van der Waals surface area contributed by atoms with Crippen LogP contribution in [0, 0.1) is 18.3 Å². The molecule has 4 rings (SSSR count). The van der Waals surface area contributed by atoms with Gasteiger partial charge in [0.15, 0.2) is 11.2 Å². The lowest BCUT2D eigenvalue weighted by Gasteiger charge is -2.10. The maximum absolute atomic E-state index is 9.80. The van der Waals surface area contributed by atoms with Crippen molar-refractivity contribution in [2.24, 2.45) is 0 Å². The van der Waals surface area contributed by atoms with E-state index in [4.69, 9.17) is 11.6 Å². The lowest BCUT2D eigenvalue weighted by atomic mass is 9.96. The molecular weight excluding hydrogens is 360 g/mol. The second-order valence-electron chi connectivity index (χ2n) is 6.17. The third-order valence-corrected chi connectivity index (χ3v) is 4.53. The molecule has 0 aliphatic carbocycles. The van der Waals surface area contributed by atoms with E-state index in [1.165, 1.54) is 0 Å². The number of aryl methyl sites for hydroxylation is 1. The van der Waals surface area contributed by atoms with Gasteiger partial charge in [-0.1, -0.05) is 59.3 Å². The van der Waals surface area contributed by atoms with Crippen LogP contribution in [0.3, 0.4) is 0 Å². The number of hydrogen-bond donors (Lipinski definition) is 0. The summed E-state index contributed by atoms with van der Waals surface area (Å²) in [5, 5.41) is 18.9. The Kier molecular flexibility index (Phi) is 4.53. The zero-order chi connectivity index (χ0) is 18.8. The van der Waals surface area contributed by atoms with Crippen molar-refractivity contribution in [1.82, 2.24) is 25.0 Å². The summed E-state index contributed by atoms with van der Waals surface area (Å²) >= 11 is 5.97. The zero-order valence-corrected chi connectivity index (χ0v) is 15.3. The van der Waals surface area contributed by atoms with Crippen molar-refractivity contribution in [2.75, 3.05) is 0 Å². The van der Waals surface area contributed by atoms with Gasteiger partial charge < -0.3 is 0 Å². The first-order valence-corrected chi connectivity index (χ1v) is 8.80. The second kappa shape index (κ2) is 7.14. The van der Waals surface area contributed by atoms with Crippen LogP contribution in [0.1, 0.15) is 28.6 Å². The first kappa shape index (κ1) is 17.1. The molecule has 2 aromatic heterocycles. The monoisotopic (exact) mass is 374 g/mol. The second-order valence-corrected chi connectivity index (χ2v) is 6.61. The predicted octanol–water partition coefficient (Wildman–Crippen LogP) is 3.89. The number of nitrogens with zero attached hydrogens (tertiary/aromatic N) is 6. The largest absolute Gasteiger partial charge is 0.234 e. The van der Waals surface area contributed by atoms with Gasteiger partial charge in [-0.15, -0.1) is 5.10 Å². The number of aromatic nitrogens is 5. The van der Waals surface area contributed by atoms with Gasteiger partial charge in [-0.25, -0.2) is 14.6 Å². The molecule has 0 fully saturated rings. The molecule has 0 aliphatic heterocycles. The SMILES string of the molecule is Cc1nc([C@@H](C#N)c2ccc(Cl)cc2)c2nnn(Cc3ccccc3)c2n1. The van der Waals surface area contributed by atoms with Crippen molar-refractivity contribution in [1.29, 1.82) is 5.26 Å². The van der Waals surface area contributed by atoms with Gasteiger partial charge in [-0.2, -0.15) is 5.26 Å². The molecule has 7 heteroatoms. The Morgan fingerprint density at radius 2 is 1.81 bits per heavy atom. The molecule has 4 aromatic rings. The van der Waals surface area contributed by atoms with Crippen molar-refractivity contribution in [2.45, 2.75) is 19.4 Å². The van der Waals surface area contributed by atoms with Crippen LogP contribution < -0.4 is 0 Å². The van der Waals surface area contributed by atoms with Gasteiger partial charge in [-0.05, 0) is 30.2 Å². The minimum atomic E-state index is -0.576. The minimum Gasteiger partial charge on any atom is -0.234 e. The first-order valence-electron chi connectivity index (χ1n) is 8.42. The maximum atomic E-state index is 9.80. The summed E-state index contributed by atoms with van der Waals surface area (Å²) < 4.78 is 1.74. The molecule has 6 nitrogen and oxygen atoms in total. The van der Waals surface area contributed by atoms with Gasteiger partial charge in [0.05, 0.1) is 18.3 Å². The maximum Gasteiger partial charge on any atom is 0.182 e. The van der Waals surface area contributed by atoms with E-state index in [2.05, 4.69) is 26.3 Å². The van der Waals surface area contributed by atoms with Crippen molar-refractivity contribution < 1.29 is 0 Å². The lowest BCUT2D eigenvalue weighted by molar-refractivity contribution is 0.663. The van der Waals surface area contributed by atoms with Crippen LogP contribution in [0.4, 0.5) is 0 Å². The number of nitriles is 1. The molecule has 0 radical (unpaired) electrons. The van der Waals surface area contributed by atoms with Crippen LogP contribution in [0.15, 0.2) is 54.6 Å². The summed E-state index contributed by atoms with van der Waals surface area (Å²) in [5.74, 6) is -0.00309. The third-order valence-electron chi connectivity index (χ3n) is 4.28. The molecule has 0 bridgehead atoms. The van der Waals surface area contributed by atoms with Crippen LogP contribution in [0.5, 0.6) is 0 Å². The highest BCUT2D eigenvalue weighted by atomic mass is 35.5. The molecule has 0 amide bonds. The molecule has 0 N–H and O–H groups in total. The highest BCUT2D eigenvalue weighted by Gasteiger charge is 2.22. The fraction of sp³-hybridized carbons (Fsp3) is 0.150. The predicted molar refractivity (Wildman–Crippen MR) is 102 cm³/mol. The Morgan fingerprint density at radius 3 is 2.52 bits per heavy atom. The van der Waals surface area contributed by atoms with Crippen LogP contribution in [0.2, 0.25) is 5.02 Å². The van der Waals surface area contributed by atoms with E-state index in [0.717, 1.165) is 11.1 Å². The quantitative estimate of drug-likeness (QED) is 0.541. The zero-order valence-electron chi connectivity index (χ0n) is 14.5. The van der Waals surface area contributed by atoms with Crippen LogP contribution in [-0.2, 0) is 6.54 Å². The first-order chi connectivity index (χ1) is 13.2. The van der Waals surface area contributed by atoms with Gasteiger partial charge in [0.1, 0.15) is 11.7 Å². The van der Waals surface area contributed by atoms with Crippen molar-refractivity contribution in [3.05, 3.63) is 82.3 Å². The lowest BCUT2D eigenvalue weighted by Crippen LogP contribution is -2.07. The average Bonchev–Trinajstić information content (AvgIpc) is 3.07. The Bertz CT molecular complexity index is 1130. The summed E-state index contributed by atoms with van der Waals surface area (Å²) in [7, 11) is 0. The van der Waals surface area contributed by atoms with E-state index in [9.17, 15) is 5.26 Å². The molecule has 2 aromatic carbocycles. The molecule has 2 heterocycles. The van der Waals surface area contributed by atoms with E-state index in [-0.39, 0.29) is 0 Å². The minimum absolute atomic E-state index is 0.540. The van der Waals surface area contributed by atoms with Gasteiger partial charge in [-0.3, -0.25) is 0 Å². The number of fused-ring (bicyclic) bond motifs is 1. The summed E-state index contributed by atoms with van der Waals surface area (Å²) in [6.45, 7) is 2.35. The fourth-order valence-electron chi connectivity index (χ4n) is 3.00. The number of hydrogen-bond acceptors (Lipinski definition) is 5. The van der Waals surface area contributed by atoms with Crippen molar-refractivity contribution in [3.8, 4) is 6.07 Å². The van der Waals surface area contributed by atoms with Crippen LogP contribution in [-0.4, -0.2) is 25.0 Å². The van der Waals surface area contributed by atoms with Gasteiger partial charge >= 0.3 is 0 Å². The van der Waals surface area contributed by atoms with E-state index < -0.39 is 5.92 Å². The number of rotatable bonds is 4. The average molecular weight is 375 g/mol. The Morgan fingerprint density at radius 1 is 1.07 bits per heavy atom. The van der Waals surface area contributed by atoms with E-state index >= 15 is 0 Å². The third kappa shape index (κ3) is 3.37. The Labute approximate surface area is 161 Å². The van der Waals surface area contributed by atoms with Gasteiger partial charge in [0.2, 0.25) is 0 Å². The summed E-state index contributed by atoms with van der Waals surface area (Å²) in [4.78, 5) is 9.02. The fourth-order valence-corrected chi connectivity index (χ4v) is 3.13. The van der Waals surface area contributed by atoms with Crippen LogP contribution in [0.25, 0.3) is 11.2 Å². The molecule has 132 valence electrons. The molecule has 0 aliphatic rings. The molecule has 0 unspecified atom stereocenters. The van der Waals surface area contributed by atoms with E-state index in [1.54, 1.807) is 23.7 Å². The molecule has 27 heavy (non-hydrogen) atoms. The molecule has 1 atom stereocenters. The Balaban J connectivity index is 1.82. The van der Waals surface area contributed by atoms with E-state index in [0.29, 0.717) is 34.2 Å². The Hall–Kier alpha value is -3.30. The standard InChI is InChI=1S/C20H15ClN6/c1-13-23-18(17(11-22)15-7-9-16(21)10-8-15)19-20(24-13)27(26-25-19)12-14-5-3-2-4-6-14/h2-10,17H,12H2,1H3/t17-/m0/s1. The normalized spacial score (nSPS) is 12.0. The smallest absolute Gasteiger partial charge is 0.182 e. The molecule has 0 saturated carbocycles. The number of halogens is 1. The van der Waals surface area contributed by atoms with Crippen molar-refractivity contribution in [3.63, 3.8) is 0 Å². The number of benzene rings is 2. The summed E-state index contributed by atoms with van der Waals surface area (Å²) in [6, 6.07) is 19.5.